The second-order valence-electron chi connectivity index (χ2n) is 9.03. The van der Waals surface area contributed by atoms with E-state index in [1.165, 1.54) is 12.1 Å². The first-order valence-electron chi connectivity index (χ1n) is 11.8. The van der Waals surface area contributed by atoms with Gasteiger partial charge in [-0.3, -0.25) is 9.59 Å². The Morgan fingerprint density at radius 3 is 2.40 bits per heavy atom. The lowest BCUT2D eigenvalue weighted by Crippen LogP contribution is -2.39. The van der Waals surface area contributed by atoms with Gasteiger partial charge in [0.1, 0.15) is 0 Å². The summed E-state index contributed by atoms with van der Waals surface area (Å²) in [6, 6.07) is 10.8. The third-order valence-corrected chi connectivity index (χ3v) is 6.18. The number of carbonyl (C=O) groups is 2. The minimum absolute atomic E-state index is 0.0715. The van der Waals surface area contributed by atoms with Crippen molar-refractivity contribution in [1.82, 2.24) is 14.7 Å². The fourth-order valence-corrected chi connectivity index (χ4v) is 4.13. The van der Waals surface area contributed by atoms with Crippen LogP contribution in [0, 0.1) is 0 Å². The number of likely N-dealkylation sites (N-methyl/N-ethyl adjacent to an activating group) is 1. The van der Waals surface area contributed by atoms with Crippen molar-refractivity contribution in [3.63, 3.8) is 0 Å². The van der Waals surface area contributed by atoms with Crippen molar-refractivity contribution in [2.24, 2.45) is 0 Å². The minimum Gasteiger partial charge on any atom is -0.376 e. The van der Waals surface area contributed by atoms with Crippen LogP contribution in [-0.2, 0) is 35.3 Å². The van der Waals surface area contributed by atoms with Crippen molar-refractivity contribution in [2.75, 3.05) is 45.6 Å². The zero-order valence-electron chi connectivity index (χ0n) is 20.5. The summed E-state index contributed by atoms with van der Waals surface area (Å²) < 4.78 is 38.6. The molecule has 2 aromatic rings. The average molecular weight is 491 g/mol. The Bertz CT molecular complexity index is 1020. The van der Waals surface area contributed by atoms with Gasteiger partial charge in [0, 0.05) is 44.8 Å². The van der Waals surface area contributed by atoms with Crippen LogP contribution in [0.5, 0.6) is 0 Å². The number of hydrogen-bond donors (Lipinski definition) is 1. The summed E-state index contributed by atoms with van der Waals surface area (Å²) in [5.74, 6) is -0.00746. The monoisotopic (exact) mass is 490 g/mol. The number of benzene rings is 2. The zero-order chi connectivity index (χ0) is 25.6. The van der Waals surface area contributed by atoms with E-state index in [2.05, 4.69) is 5.32 Å². The molecule has 0 radical (unpaired) electrons. The van der Waals surface area contributed by atoms with Crippen LogP contribution >= 0.6 is 0 Å². The highest BCUT2D eigenvalue weighted by Gasteiger charge is 2.30. The lowest BCUT2D eigenvalue weighted by atomic mass is 9.97. The molecular weight excluding hydrogens is 457 g/mol. The SMILES string of the molecule is CCC(=O)N1CCc2c(cccc2NCC(=O)N(CCN(C)C)Cc2ccc(C(F)(F)F)cc2)C1. The lowest BCUT2D eigenvalue weighted by Gasteiger charge is -2.30. The van der Waals surface area contributed by atoms with Gasteiger partial charge in [0.05, 0.1) is 12.1 Å². The molecule has 1 N–H and O–H groups in total. The van der Waals surface area contributed by atoms with Crippen LogP contribution in [0.2, 0.25) is 0 Å². The molecule has 0 atom stereocenters. The van der Waals surface area contributed by atoms with Crippen LogP contribution in [0.3, 0.4) is 0 Å². The van der Waals surface area contributed by atoms with Crippen LogP contribution in [0.4, 0.5) is 18.9 Å². The highest BCUT2D eigenvalue weighted by molar-refractivity contribution is 5.81. The van der Waals surface area contributed by atoms with Gasteiger partial charge in [-0.15, -0.1) is 0 Å². The highest BCUT2D eigenvalue weighted by atomic mass is 19.4. The van der Waals surface area contributed by atoms with Gasteiger partial charge in [0.25, 0.3) is 0 Å². The van der Waals surface area contributed by atoms with E-state index in [1.54, 1.807) is 4.90 Å². The molecule has 0 saturated heterocycles. The predicted octanol–water partition coefficient (Wildman–Crippen LogP) is 4.00. The van der Waals surface area contributed by atoms with Gasteiger partial charge in [0.15, 0.2) is 0 Å². The molecule has 1 heterocycles. The van der Waals surface area contributed by atoms with Gasteiger partial charge in [-0.05, 0) is 55.4 Å². The van der Waals surface area contributed by atoms with E-state index in [-0.39, 0.29) is 24.9 Å². The van der Waals surface area contributed by atoms with E-state index < -0.39 is 11.7 Å². The molecule has 6 nitrogen and oxygen atoms in total. The highest BCUT2D eigenvalue weighted by Crippen LogP contribution is 2.29. The normalized spacial score (nSPS) is 13.5. The van der Waals surface area contributed by atoms with Crippen LogP contribution in [-0.4, -0.2) is 66.8 Å². The summed E-state index contributed by atoms with van der Waals surface area (Å²) in [6.45, 7) is 4.46. The Morgan fingerprint density at radius 2 is 1.77 bits per heavy atom. The summed E-state index contributed by atoms with van der Waals surface area (Å²) in [5.41, 5.74) is 3.00. The number of anilines is 1. The summed E-state index contributed by atoms with van der Waals surface area (Å²) in [7, 11) is 3.81. The number of rotatable bonds is 9. The summed E-state index contributed by atoms with van der Waals surface area (Å²) in [4.78, 5) is 30.7. The molecule has 0 unspecified atom stereocenters. The third-order valence-electron chi connectivity index (χ3n) is 6.18. The van der Waals surface area contributed by atoms with Crippen molar-refractivity contribution in [2.45, 2.75) is 39.0 Å². The van der Waals surface area contributed by atoms with Gasteiger partial charge in [0.2, 0.25) is 11.8 Å². The van der Waals surface area contributed by atoms with Crippen molar-refractivity contribution >= 4 is 17.5 Å². The average Bonchev–Trinajstić information content (AvgIpc) is 2.83. The zero-order valence-corrected chi connectivity index (χ0v) is 20.5. The first kappa shape index (κ1) is 26.5. The van der Waals surface area contributed by atoms with Gasteiger partial charge >= 0.3 is 6.18 Å². The van der Waals surface area contributed by atoms with E-state index in [9.17, 15) is 22.8 Å². The van der Waals surface area contributed by atoms with Gasteiger partial charge in [-0.2, -0.15) is 13.2 Å². The number of amides is 2. The topological polar surface area (TPSA) is 55.9 Å². The predicted molar refractivity (Wildman–Crippen MR) is 130 cm³/mol. The van der Waals surface area contributed by atoms with Crippen LogP contribution < -0.4 is 5.32 Å². The first-order valence-corrected chi connectivity index (χ1v) is 11.8. The fraction of sp³-hybridized carbons (Fsp3) is 0.462. The molecule has 2 aromatic carbocycles. The van der Waals surface area contributed by atoms with Crippen molar-refractivity contribution < 1.29 is 22.8 Å². The Hall–Kier alpha value is -3.07. The third kappa shape index (κ3) is 7.21. The molecule has 0 bridgehead atoms. The molecule has 0 saturated carbocycles. The number of fused-ring (bicyclic) bond motifs is 1. The Morgan fingerprint density at radius 1 is 1.06 bits per heavy atom. The molecule has 190 valence electrons. The van der Waals surface area contributed by atoms with Crippen molar-refractivity contribution in [1.29, 1.82) is 0 Å². The van der Waals surface area contributed by atoms with E-state index in [0.29, 0.717) is 44.6 Å². The smallest absolute Gasteiger partial charge is 0.376 e. The van der Waals surface area contributed by atoms with Crippen LogP contribution in [0.15, 0.2) is 42.5 Å². The maximum atomic E-state index is 13.1. The van der Waals surface area contributed by atoms with Gasteiger partial charge < -0.3 is 20.0 Å². The maximum Gasteiger partial charge on any atom is 0.416 e. The van der Waals surface area contributed by atoms with Crippen molar-refractivity contribution in [3.8, 4) is 0 Å². The molecule has 9 heteroatoms. The molecule has 2 amide bonds. The quantitative estimate of drug-likeness (QED) is 0.577. The Balaban J connectivity index is 1.68. The largest absolute Gasteiger partial charge is 0.416 e. The fourth-order valence-electron chi connectivity index (χ4n) is 4.13. The second kappa shape index (κ2) is 11.6. The van der Waals surface area contributed by atoms with E-state index in [4.69, 9.17) is 0 Å². The van der Waals surface area contributed by atoms with E-state index in [0.717, 1.165) is 28.9 Å². The summed E-state index contributed by atoms with van der Waals surface area (Å²) >= 11 is 0. The molecule has 0 fully saturated rings. The number of halogens is 3. The second-order valence-corrected chi connectivity index (χ2v) is 9.03. The Kier molecular flexibility index (Phi) is 8.77. The molecule has 3 rings (SSSR count). The van der Waals surface area contributed by atoms with Gasteiger partial charge in [-0.25, -0.2) is 0 Å². The molecule has 0 aromatic heterocycles. The first-order chi connectivity index (χ1) is 16.6. The molecular formula is C26H33F3N4O2. The summed E-state index contributed by atoms with van der Waals surface area (Å²) in [6.07, 6.45) is -3.20. The maximum absolute atomic E-state index is 13.1. The molecule has 35 heavy (non-hydrogen) atoms. The number of carbonyl (C=O) groups excluding carboxylic acids is 2. The number of hydrogen-bond acceptors (Lipinski definition) is 4. The van der Waals surface area contributed by atoms with E-state index in [1.807, 2.05) is 49.0 Å². The Labute approximate surface area is 204 Å². The van der Waals surface area contributed by atoms with Crippen molar-refractivity contribution in [3.05, 3.63) is 64.7 Å². The number of alkyl halides is 3. The van der Waals surface area contributed by atoms with E-state index >= 15 is 0 Å². The summed E-state index contributed by atoms with van der Waals surface area (Å²) in [5, 5.41) is 3.26. The standard InChI is InChI=1S/C26H33F3N4O2/c1-4-24(34)32-13-12-22-20(18-32)6-5-7-23(22)30-16-25(35)33(15-14-31(2)3)17-19-8-10-21(11-9-19)26(27,28)29/h5-11,30H,4,12-18H2,1-3H3. The molecule has 1 aliphatic rings. The van der Waals surface area contributed by atoms with Crippen LogP contribution in [0.1, 0.15) is 35.6 Å². The van der Waals surface area contributed by atoms with Crippen LogP contribution in [0.25, 0.3) is 0 Å². The molecule has 0 spiro atoms. The van der Waals surface area contributed by atoms with Gasteiger partial charge in [-0.1, -0.05) is 31.2 Å². The molecule has 1 aliphatic heterocycles. The number of nitrogens with one attached hydrogen (secondary N) is 1. The number of nitrogens with zero attached hydrogens (tertiary/aromatic N) is 3. The minimum atomic E-state index is -4.39. The molecule has 0 aliphatic carbocycles. The lowest BCUT2D eigenvalue weighted by molar-refractivity contribution is -0.137.